The second-order valence-corrected chi connectivity index (χ2v) is 4.73. The third-order valence-electron chi connectivity index (χ3n) is 3.38. The number of aryl methyl sites for hydroxylation is 1. The van der Waals surface area contributed by atoms with Crippen LogP contribution < -0.4 is 20.7 Å². The summed E-state index contributed by atoms with van der Waals surface area (Å²) in [5.41, 5.74) is 4.66. The highest BCUT2D eigenvalue weighted by atomic mass is 19.1. The van der Waals surface area contributed by atoms with Crippen LogP contribution in [0, 0.1) is 12.7 Å². The van der Waals surface area contributed by atoms with Crippen LogP contribution in [0.1, 0.15) is 22.7 Å². The van der Waals surface area contributed by atoms with E-state index in [9.17, 15) is 4.39 Å². The van der Waals surface area contributed by atoms with Crippen LogP contribution in [0.25, 0.3) is 0 Å². The van der Waals surface area contributed by atoms with Crippen molar-refractivity contribution in [2.45, 2.75) is 13.0 Å². The molecule has 0 aliphatic rings. The van der Waals surface area contributed by atoms with Gasteiger partial charge in [-0.25, -0.2) is 9.82 Å². The highest BCUT2D eigenvalue weighted by Crippen LogP contribution is 2.33. The van der Waals surface area contributed by atoms with E-state index < -0.39 is 6.04 Å². The molecular weight excluding hydrogens is 271 g/mol. The summed E-state index contributed by atoms with van der Waals surface area (Å²) >= 11 is 0. The van der Waals surface area contributed by atoms with Gasteiger partial charge in [0, 0.05) is 11.1 Å². The zero-order valence-electron chi connectivity index (χ0n) is 12.3. The van der Waals surface area contributed by atoms with E-state index in [4.69, 9.17) is 15.3 Å². The molecule has 0 amide bonds. The molecule has 2 aromatic carbocycles. The van der Waals surface area contributed by atoms with Gasteiger partial charge in [0.2, 0.25) is 0 Å². The topological polar surface area (TPSA) is 56.5 Å². The molecule has 1 unspecified atom stereocenters. The van der Waals surface area contributed by atoms with Gasteiger partial charge >= 0.3 is 0 Å². The van der Waals surface area contributed by atoms with Crippen LogP contribution in [0.5, 0.6) is 11.5 Å². The molecule has 21 heavy (non-hydrogen) atoms. The Morgan fingerprint density at radius 3 is 2.38 bits per heavy atom. The van der Waals surface area contributed by atoms with E-state index in [-0.39, 0.29) is 5.82 Å². The predicted octanol–water partition coefficient (Wildman–Crippen LogP) is 2.70. The number of methoxy groups -OCH3 is 2. The van der Waals surface area contributed by atoms with Crippen molar-refractivity contribution in [3.63, 3.8) is 0 Å². The van der Waals surface area contributed by atoms with Gasteiger partial charge in [-0.2, -0.15) is 0 Å². The molecule has 2 aromatic rings. The molecule has 0 bridgehead atoms. The van der Waals surface area contributed by atoms with Gasteiger partial charge in [-0.15, -0.1) is 0 Å². The summed E-state index contributed by atoms with van der Waals surface area (Å²) in [5, 5.41) is 0. The third kappa shape index (κ3) is 3.15. The fraction of sp³-hybridized carbons (Fsp3) is 0.250. The Balaban J connectivity index is 2.54. The molecule has 5 heteroatoms. The maximum Gasteiger partial charge on any atom is 0.128 e. The van der Waals surface area contributed by atoms with E-state index in [1.165, 1.54) is 6.07 Å². The summed E-state index contributed by atoms with van der Waals surface area (Å²) < 4.78 is 24.8. The van der Waals surface area contributed by atoms with E-state index in [1.807, 2.05) is 13.0 Å². The zero-order chi connectivity index (χ0) is 15.4. The molecule has 112 valence electrons. The molecule has 3 N–H and O–H groups in total. The van der Waals surface area contributed by atoms with Crippen molar-refractivity contribution < 1.29 is 13.9 Å². The molecule has 0 aromatic heterocycles. The summed E-state index contributed by atoms with van der Waals surface area (Å²) in [7, 11) is 3.13. The van der Waals surface area contributed by atoms with Gasteiger partial charge in [-0.3, -0.25) is 5.84 Å². The summed E-state index contributed by atoms with van der Waals surface area (Å²) in [6, 6.07) is 9.83. The molecule has 1 atom stereocenters. The van der Waals surface area contributed by atoms with E-state index in [0.717, 1.165) is 5.56 Å². The Morgan fingerprint density at radius 1 is 1.05 bits per heavy atom. The molecular formula is C16H19FN2O2. The quantitative estimate of drug-likeness (QED) is 0.656. The minimum atomic E-state index is -0.532. The van der Waals surface area contributed by atoms with Crippen LogP contribution >= 0.6 is 0 Å². The molecule has 0 saturated heterocycles. The largest absolute Gasteiger partial charge is 0.497 e. The summed E-state index contributed by atoms with van der Waals surface area (Å²) in [5.74, 6) is 6.59. The Bertz CT molecular complexity index is 632. The number of rotatable bonds is 5. The summed E-state index contributed by atoms with van der Waals surface area (Å²) in [6.45, 7) is 1.84. The zero-order valence-corrected chi connectivity index (χ0v) is 12.3. The fourth-order valence-electron chi connectivity index (χ4n) is 2.28. The minimum Gasteiger partial charge on any atom is -0.497 e. The molecule has 0 aliphatic carbocycles. The van der Waals surface area contributed by atoms with Gasteiger partial charge < -0.3 is 9.47 Å². The second-order valence-electron chi connectivity index (χ2n) is 4.73. The number of nitrogens with one attached hydrogen (secondary N) is 1. The Hall–Kier alpha value is -2.11. The van der Waals surface area contributed by atoms with Gasteiger partial charge in [0.25, 0.3) is 0 Å². The van der Waals surface area contributed by atoms with Crippen LogP contribution in [0.15, 0.2) is 36.4 Å². The molecule has 0 heterocycles. The average Bonchev–Trinajstić information content (AvgIpc) is 2.49. The molecule has 0 spiro atoms. The van der Waals surface area contributed by atoms with Gasteiger partial charge in [0.05, 0.1) is 20.3 Å². The number of ether oxygens (including phenoxy) is 2. The van der Waals surface area contributed by atoms with Crippen molar-refractivity contribution >= 4 is 0 Å². The van der Waals surface area contributed by atoms with Crippen molar-refractivity contribution in [3.8, 4) is 11.5 Å². The average molecular weight is 290 g/mol. The van der Waals surface area contributed by atoms with Gasteiger partial charge in [-0.1, -0.05) is 12.1 Å². The first kappa shape index (κ1) is 15.3. The van der Waals surface area contributed by atoms with E-state index in [0.29, 0.717) is 22.6 Å². The maximum atomic E-state index is 14.2. The van der Waals surface area contributed by atoms with Crippen molar-refractivity contribution in [1.29, 1.82) is 0 Å². The number of hydrogen-bond donors (Lipinski definition) is 2. The van der Waals surface area contributed by atoms with E-state index in [2.05, 4.69) is 5.43 Å². The molecule has 0 fully saturated rings. The lowest BCUT2D eigenvalue weighted by molar-refractivity contribution is 0.393. The van der Waals surface area contributed by atoms with E-state index >= 15 is 0 Å². The van der Waals surface area contributed by atoms with Crippen LogP contribution in [0.3, 0.4) is 0 Å². The highest BCUT2D eigenvalue weighted by Gasteiger charge is 2.21. The van der Waals surface area contributed by atoms with Crippen LogP contribution in [0.4, 0.5) is 4.39 Å². The fourth-order valence-corrected chi connectivity index (χ4v) is 2.28. The Kier molecular flexibility index (Phi) is 4.77. The lowest BCUT2D eigenvalue weighted by atomic mass is 9.96. The summed E-state index contributed by atoms with van der Waals surface area (Å²) in [6.07, 6.45) is 0. The number of hydrazine groups is 1. The smallest absolute Gasteiger partial charge is 0.128 e. The SMILES string of the molecule is COc1ccc(OC)c(C(NN)c2ccc(C)cc2F)c1. The molecule has 0 aliphatic heterocycles. The van der Waals surface area contributed by atoms with Gasteiger partial charge in [0.1, 0.15) is 17.3 Å². The monoisotopic (exact) mass is 290 g/mol. The number of halogens is 1. The molecule has 4 nitrogen and oxygen atoms in total. The molecule has 0 saturated carbocycles. The second kappa shape index (κ2) is 6.56. The molecule has 2 rings (SSSR count). The van der Waals surface area contributed by atoms with Crippen LogP contribution in [-0.4, -0.2) is 14.2 Å². The first-order valence-corrected chi connectivity index (χ1v) is 6.54. The Morgan fingerprint density at radius 2 is 1.81 bits per heavy atom. The minimum absolute atomic E-state index is 0.317. The standard InChI is InChI=1S/C16H19FN2O2/c1-10-4-6-12(14(17)8-10)16(19-18)13-9-11(20-2)5-7-15(13)21-3/h4-9,16,19H,18H2,1-3H3. The predicted molar refractivity (Wildman–Crippen MR) is 79.8 cm³/mol. The highest BCUT2D eigenvalue weighted by molar-refractivity contribution is 5.46. The summed E-state index contributed by atoms with van der Waals surface area (Å²) in [4.78, 5) is 0. The van der Waals surface area contributed by atoms with Crippen molar-refractivity contribution in [1.82, 2.24) is 5.43 Å². The molecule has 0 radical (unpaired) electrons. The van der Waals surface area contributed by atoms with Crippen LogP contribution in [0.2, 0.25) is 0 Å². The Labute approximate surface area is 123 Å². The number of hydrogen-bond acceptors (Lipinski definition) is 4. The van der Waals surface area contributed by atoms with E-state index in [1.54, 1.807) is 38.5 Å². The van der Waals surface area contributed by atoms with Crippen molar-refractivity contribution in [3.05, 3.63) is 58.9 Å². The van der Waals surface area contributed by atoms with Gasteiger partial charge in [0.15, 0.2) is 0 Å². The first-order chi connectivity index (χ1) is 10.1. The lowest BCUT2D eigenvalue weighted by Gasteiger charge is -2.21. The normalized spacial score (nSPS) is 12.0. The maximum absolute atomic E-state index is 14.2. The van der Waals surface area contributed by atoms with Crippen molar-refractivity contribution in [2.24, 2.45) is 5.84 Å². The number of benzene rings is 2. The van der Waals surface area contributed by atoms with Crippen molar-refractivity contribution in [2.75, 3.05) is 14.2 Å². The van der Waals surface area contributed by atoms with Gasteiger partial charge in [-0.05, 0) is 36.8 Å². The first-order valence-electron chi connectivity index (χ1n) is 6.54. The third-order valence-corrected chi connectivity index (χ3v) is 3.38. The van der Waals surface area contributed by atoms with Crippen LogP contribution in [-0.2, 0) is 0 Å². The lowest BCUT2D eigenvalue weighted by Crippen LogP contribution is -2.30. The number of nitrogens with two attached hydrogens (primary N) is 1.